The monoisotopic (exact) mass is 357 g/mol. The largest absolute Gasteiger partial charge is 0.497 e. The van der Waals surface area contributed by atoms with Gasteiger partial charge in [-0.3, -0.25) is 9.89 Å². The number of methoxy groups -OCH3 is 1. The number of rotatable bonds is 3. The van der Waals surface area contributed by atoms with Gasteiger partial charge in [0.2, 0.25) is 0 Å². The van der Waals surface area contributed by atoms with Crippen LogP contribution in [0.1, 0.15) is 36.9 Å². The number of hydrogen-bond donors (Lipinski definition) is 0. The highest BCUT2D eigenvalue weighted by Crippen LogP contribution is 2.47. The lowest BCUT2D eigenvalue weighted by Crippen LogP contribution is -2.51. The van der Waals surface area contributed by atoms with Crippen molar-refractivity contribution in [1.29, 1.82) is 0 Å². The first-order valence-electron chi connectivity index (χ1n) is 9.56. The lowest BCUT2D eigenvalue weighted by molar-refractivity contribution is 0.155. The van der Waals surface area contributed by atoms with Crippen molar-refractivity contribution in [3.8, 4) is 5.75 Å². The van der Waals surface area contributed by atoms with Crippen LogP contribution in [0.4, 0.5) is 5.69 Å². The molecule has 0 N–H and O–H groups in total. The van der Waals surface area contributed by atoms with E-state index in [0.717, 1.165) is 30.1 Å². The number of allylic oxidation sites excluding steroid dienone is 1. The highest BCUT2D eigenvalue weighted by molar-refractivity contribution is 6.35. The highest BCUT2D eigenvalue weighted by atomic mass is 16.5. The van der Waals surface area contributed by atoms with E-state index in [1.807, 2.05) is 18.3 Å². The second-order valence-corrected chi connectivity index (χ2v) is 7.48. The van der Waals surface area contributed by atoms with Crippen molar-refractivity contribution in [2.24, 2.45) is 9.98 Å². The van der Waals surface area contributed by atoms with E-state index in [9.17, 15) is 0 Å². The first-order chi connectivity index (χ1) is 13.2. The topological polar surface area (TPSA) is 37.2 Å². The smallest absolute Gasteiger partial charge is 0.153 e. The van der Waals surface area contributed by atoms with Gasteiger partial charge in [0.25, 0.3) is 0 Å². The van der Waals surface area contributed by atoms with Crippen molar-refractivity contribution in [2.75, 3.05) is 13.7 Å². The van der Waals surface area contributed by atoms with E-state index in [1.54, 1.807) is 7.11 Å². The van der Waals surface area contributed by atoms with Crippen molar-refractivity contribution >= 4 is 23.2 Å². The highest BCUT2D eigenvalue weighted by Gasteiger charge is 2.47. The van der Waals surface area contributed by atoms with Gasteiger partial charge in [-0.15, -0.1) is 0 Å². The summed E-state index contributed by atoms with van der Waals surface area (Å²) in [7, 11) is 1.69. The Morgan fingerprint density at radius 3 is 2.81 bits per heavy atom. The molecule has 3 aliphatic rings. The molecule has 0 bridgehead atoms. The second-order valence-electron chi connectivity index (χ2n) is 7.48. The fraction of sp³-hybridized carbons (Fsp3) is 0.304. The van der Waals surface area contributed by atoms with E-state index in [0.29, 0.717) is 6.04 Å². The van der Waals surface area contributed by atoms with Crippen molar-refractivity contribution in [3.05, 3.63) is 65.7 Å². The first kappa shape index (κ1) is 16.5. The molecule has 3 heterocycles. The van der Waals surface area contributed by atoms with E-state index in [1.165, 1.54) is 23.1 Å². The molecule has 4 nitrogen and oxygen atoms in total. The molecule has 2 aromatic rings. The van der Waals surface area contributed by atoms with Crippen molar-refractivity contribution < 1.29 is 4.74 Å². The van der Waals surface area contributed by atoms with Crippen LogP contribution in [0.15, 0.2) is 64.6 Å². The summed E-state index contributed by atoms with van der Waals surface area (Å²) in [6.07, 6.45) is 6.38. The minimum atomic E-state index is -0.451. The quantitative estimate of drug-likeness (QED) is 0.791. The van der Waals surface area contributed by atoms with Crippen molar-refractivity contribution in [3.63, 3.8) is 0 Å². The van der Waals surface area contributed by atoms with Gasteiger partial charge >= 0.3 is 0 Å². The summed E-state index contributed by atoms with van der Waals surface area (Å²) in [4.78, 5) is 12.5. The maximum Gasteiger partial charge on any atom is 0.153 e. The number of ether oxygens (including phenoxy) is 1. The Kier molecular flexibility index (Phi) is 3.76. The summed E-state index contributed by atoms with van der Waals surface area (Å²) in [6, 6.07) is 17.3. The molecular weight excluding hydrogens is 334 g/mol. The fourth-order valence-electron chi connectivity index (χ4n) is 4.63. The zero-order chi connectivity index (χ0) is 18.4. The summed E-state index contributed by atoms with van der Waals surface area (Å²) in [5, 5.41) is 0. The second kappa shape index (κ2) is 6.17. The first-order valence-corrected chi connectivity index (χ1v) is 9.56. The zero-order valence-corrected chi connectivity index (χ0v) is 15.7. The molecule has 2 unspecified atom stereocenters. The molecule has 1 fully saturated rings. The van der Waals surface area contributed by atoms with E-state index >= 15 is 0 Å². The van der Waals surface area contributed by atoms with Gasteiger partial charge in [0, 0.05) is 36.0 Å². The SMILES string of the molecule is COc1ccc2c(c1)N=C1C2=CC=NC1(C)N1CCCC1c1ccccc1. The van der Waals surface area contributed by atoms with Crippen LogP contribution in [0.25, 0.3) is 5.57 Å². The average molecular weight is 357 g/mol. The normalized spacial score (nSPS) is 26.4. The maximum atomic E-state index is 5.39. The van der Waals surface area contributed by atoms with E-state index < -0.39 is 5.66 Å². The third-order valence-corrected chi connectivity index (χ3v) is 5.99. The van der Waals surface area contributed by atoms with Crippen molar-refractivity contribution in [2.45, 2.75) is 31.5 Å². The van der Waals surface area contributed by atoms with Crippen LogP contribution in [-0.4, -0.2) is 36.1 Å². The van der Waals surface area contributed by atoms with Crippen LogP contribution in [0.2, 0.25) is 0 Å². The molecule has 4 heteroatoms. The van der Waals surface area contributed by atoms with E-state index in [2.05, 4.69) is 54.3 Å². The van der Waals surface area contributed by atoms with Gasteiger partial charge in [0.1, 0.15) is 5.75 Å². The molecule has 0 saturated carbocycles. The molecule has 3 aliphatic heterocycles. The number of nitrogens with zero attached hydrogens (tertiary/aromatic N) is 3. The summed E-state index contributed by atoms with van der Waals surface area (Å²) >= 11 is 0. The minimum absolute atomic E-state index is 0.369. The Labute approximate surface area is 159 Å². The standard InChI is InChI=1S/C23H23N3O/c1-23(26-14-6-9-21(26)16-7-4-3-5-8-16)22-19(12-13-24-23)18-11-10-17(27-2)15-20(18)25-22/h3-5,7-8,10-13,15,21H,6,9,14H2,1-2H3. The summed E-state index contributed by atoms with van der Waals surface area (Å²) < 4.78 is 5.39. The molecule has 2 aromatic carbocycles. The summed E-state index contributed by atoms with van der Waals surface area (Å²) in [5.41, 5.74) is 5.29. The van der Waals surface area contributed by atoms with Gasteiger partial charge in [0.15, 0.2) is 5.66 Å². The van der Waals surface area contributed by atoms with Gasteiger partial charge < -0.3 is 4.74 Å². The van der Waals surface area contributed by atoms with E-state index in [4.69, 9.17) is 14.7 Å². The van der Waals surface area contributed by atoms with Crippen LogP contribution >= 0.6 is 0 Å². The number of dihydropyridines is 1. The predicted octanol–water partition coefficient (Wildman–Crippen LogP) is 4.80. The minimum Gasteiger partial charge on any atom is -0.497 e. The molecule has 1 saturated heterocycles. The fourth-order valence-corrected chi connectivity index (χ4v) is 4.63. The maximum absolute atomic E-state index is 5.39. The molecule has 5 rings (SSSR count). The Morgan fingerprint density at radius 2 is 2.00 bits per heavy atom. The molecule has 0 aromatic heterocycles. The third kappa shape index (κ3) is 2.47. The number of hydrogen-bond acceptors (Lipinski definition) is 4. The number of aliphatic imine (C=N–C) groups is 2. The molecular formula is C23H23N3O. The third-order valence-electron chi connectivity index (χ3n) is 5.99. The summed E-state index contributed by atoms with van der Waals surface area (Å²) in [6.45, 7) is 3.24. The molecule has 0 amide bonds. The van der Waals surface area contributed by atoms with Gasteiger partial charge in [-0.05, 0) is 43.5 Å². The van der Waals surface area contributed by atoms with Crippen LogP contribution in [0.5, 0.6) is 5.75 Å². The average Bonchev–Trinajstić information content (AvgIpc) is 3.34. The predicted molar refractivity (Wildman–Crippen MR) is 110 cm³/mol. The Morgan fingerprint density at radius 1 is 1.15 bits per heavy atom. The lowest BCUT2D eigenvalue weighted by Gasteiger charge is -2.41. The zero-order valence-electron chi connectivity index (χ0n) is 15.7. The lowest BCUT2D eigenvalue weighted by atomic mass is 9.90. The molecule has 27 heavy (non-hydrogen) atoms. The van der Waals surface area contributed by atoms with Gasteiger partial charge in [-0.2, -0.15) is 0 Å². The Hall–Kier alpha value is -2.72. The van der Waals surface area contributed by atoms with Gasteiger partial charge in [0.05, 0.1) is 18.5 Å². The van der Waals surface area contributed by atoms with Gasteiger partial charge in [-0.25, -0.2) is 4.99 Å². The van der Waals surface area contributed by atoms with Crippen LogP contribution in [0.3, 0.4) is 0 Å². The van der Waals surface area contributed by atoms with Crippen LogP contribution in [-0.2, 0) is 0 Å². The molecule has 0 spiro atoms. The van der Waals surface area contributed by atoms with Crippen LogP contribution in [0, 0.1) is 0 Å². The molecule has 136 valence electrons. The molecule has 0 radical (unpaired) electrons. The summed E-state index contributed by atoms with van der Waals surface area (Å²) in [5.74, 6) is 0.836. The number of benzene rings is 2. The van der Waals surface area contributed by atoms with Gasteiger partial charge in [-0.1, -0.05) is 30.3 Å². The number of likely N-dealkylation sites (tertiary alicyclic amines) is 1. The van der Waals surface area contributed by atoms with E-state index in [-0.39, 0.29) is 0 Å². The molecule has 0 aliphatic carbocycles. The van der Waals surface area contributed by atoms with Crippen molar-refractivity contribution in [1.82, 2.24) is 4.90 Å². The van der Waals surface area contributed by atoms with Crippen LogP contribution < -0.4 is 4.74 Å². The number of fused-ring (bicyclic) bond motifs is 3. The molecule has 2 atom stereocenters. The Balaban J connectivity index is 1.57. The Bertz CT molecular complexity index is 976.